The molecule has 1 saturated heterocycles. The summed E-state index contributed by atoms with van der Waals surface area (Å²) < 4.78 is 30.8. The molecule has 1 aliphatic heterocycles. The van der Waals surface area contributed by atoms with Crippen LogP contribution in [0.1, 0.15) is 37.0 Å². The van der Waals surface area contributed by atoms with Crippen molar-refractivity contribution in [3.63, 3.8) is 0 Å². The van der Waals surface area contributed by atoms with Crippen molar-refractivity contribution in [3.8, 4) is 0 Å². The summed E-state index contributed by atoms with van der Waals surface area (Å²) in [5.74, 6) is -2.51. The molecule has 1 aromatic heterocycles. The first-order chi connectivity index (χ1) is 12.6. The number of morpholine rings is 1. The van der Waals surface area contributed by atoms with Gasteiger partial charge in [-0.25, -0.2) is 4.98 Å². The third kappa shape index (κ3) is 5.89. The number of carbonyl (C=O) groups is 1. The van der Waals surface area contributed by atoms with Crippen LogP contribution >= 0.6 is 11.8 Å². The molecule has 1 fully saturated rings. The molecular weight excluding hydrogens is 360 g/mol. The van der Waals surface area contributed by atoms with Gasteiger partial charge in [-0.05, 0) is 29.8 Å². The Bertz CT molecular complexity index is 567. The first-order valence-electron chi connectivity index (χ1n) is 9.06. The van der Waals surface area contributed by atoms with Crippen LogP contribution in [0.3, 0.4) is 0 Å². The molecule has 146 valence electrons. The summed E-state index contributed by atoms with van der Waals surface area (Å²) in [6, 6.07) is 3.33. The second-order valence-electron chi connectivity index (χ2n) is 6.24. The van der Waals surface area contributed by atoms with E-state index >= 15 is 0 Å². The van der Waals surface area contributed by atoms with E-state index in [0.717, 1.165) is 25.9 Å². The lowest BCUT2D eigenvalue weighted by atomic mass is 9.92. The first kappa shape index (κ1) is 21.1. The molecule has 1 unspecified atom stereocenters. The molecule has 0 saturated carbocycles. The van der Waals surface area contributed by atoms with Gasteiger partial charge in [0.15, 0.2) is 0 Å². The van der Waals surface area contributed by atoms with Gasteiger partial charge in [-0.15, -0.1) is 0 Å². The standard InChI is InChI=1S/C18H27F2N3O2S/c1-3-13(4-2)15(23-8-10-25-11-9-23)12-22-16(24)14-6-5-7-21-17(14)26-18(19)20/h5-7,13,15,18H,3-4,8-12H2,1-2H3,(H,22,24). The highest BCUT2D eigenvalue weighted by atomic mass is 32.2. The van der Waals surface area contributed by atoms with Crippen LogP contribution in [-0.2, 0) is 4.74 Å². The molecule has 1 N–H and O–H groups in total. The topological polar surface area (TPSA) is 54.5 Å². The fourth-order valence-corrected chi connectivity index (χ4v) is 3.95. The average Bonchev–Trinajstić information content (AvgIpc) is 2.65. The summed E-state index contributed by atoms with van der Waals surface area (Å²) >= 11 is 0.299. The number of hydrogen-bond acceptors (Lipinski definition) is 5. The summed E-state index contributed by atoms with van der Waals surface area (Å²) in [6.07, 6.45) is 3.46. The normalized spacial score (nSPS) is 16.8. The maximum atomic E-state index is 12.7. The van der Waals surface area contributed by atoms with E-state index in [1.807, 2.05) is 0 Å². The SMILES string of the molecule is CCC(CC)C(CNC(=O)c1cccnc1SC(F)F)N1CCOCC1. The number of thioether (sulfide) groups is 1. The smallest absolute Gasteiger partial charge is 0.290 e. The van der Waals surface area contributed by atoms with E-state index in [2.05, 4.69) is 29.0 Å². The average molecular weight is 387 g/mol. The summed E-state index contributed by atoms with van der Waals surface area (Å²) in [7, 11) is 0. The Kier molecular flexibility index (Phi) is 8.74. The van der Waals surface area contributed by atoms with Gasteiger partial charge in [0, 0.05) is 31.9 Å². The third-order valence-electron chi connectivity index (χ3n) is 4.80. The van der Waals surface area contributed by atoms with E-state index < -0.39 is 5.76 Å². The van der Waals surface area contributed by atoms with Crippen LogP contribution in [-0.4, -0.2) is 60.4 Å². The molecule has 5 nitrogen and oxygen atoms in total. The zero-order valence-corrected chi connectivity index (χ0v) is 16.1. The lowest BCUT2D eigenvalue weighted by Crippen LogP contribution is -2.52. The maximum Gasteiger partial charge on any atom is 0.290 e. The van der Waals surface area contributed by atoms with Crippen LogP contribution < -0.4 is 5.32 Å². The number of ether oxygens (including phenoxy) is 1. The molecule has 1 amide bonds. The molecule has 26 heavy (non-hydrogen) atoms. The Labute approximate surface area is 157 Å². The number of hydrogen-bond donors (Lipinski definition) is 1. The van der Waals surface area contributed by atoms with Crippen molar-refractivity contribution in [2.24, 2.45) is 5.92 Å². The predicted octanol–water partition coefficient (Wildman–Crippen LogP) is 3.26. The van der Waals surface area contributed by atoms with Gasteiger partial charge in [0.25, 0.3) is 11.7 Å². The number of nitrogens with one attached hydrogen (secondary N) is 1. The summed E-state index contributed by atoms with van der Waals surface area (Å²) in [5.41, 5.74) is 0.197. The van der Waals surface area contributed by atoms with Crippen molar-refractivity contribution in [2.45, 2.75) is 43.5 Å². The van der Waals surface area contributed by atoms with Crippen LogP contribution in [0.25, 0.3) is 0 Å². The summed E-state index contributed by atoms with van der Waals surface area (Å²) in [6.45, 7) is 7.88. The fraction of sp³-hybridized carbons (Fsp3) is 0.667. The second-order valence-corrected chi connectivity index (χ2v) is 7.22. The van der Waals surface area contributed by atoms with Gasteiger partial charge in [0.1, 0.15) is 5.03 Å². The van der Waals surface area contributed by atoms with Crippen LogP contribution in [0.15, 0.2) is 23.4 Å². The number of amides is 1. The number of halogens is 2. The van der Waals surface area contributed by atoms with Crippen molar-refractivity contribution in [3.05, 3.63) is 23.9 Å². The monoisotopic (exact) mass is 387 g/mol. The van der Waals surface area contributed by atoms with Gasteiger partial charge in [0.2, 0.25) is 0 Å². The van der Waals surface area contributed by atoms with E-state index in [1.165, 1.54) is 12.3 Å². The largest absolute Gasteiger partial charge is 0.379 e. The number of pyridine rings is 1. The van der Waals surface area contributed by atoms with Crippen LogP contribution in [0.2, 0.25) is 0 Å². The van der Waals surface area contributed by atoms with E-state index in [0.29, 0.717) is 37.4 Å². The summed E-state index contributed by atoms with van der Waals surface area (Å²) in [5, 5.41) is 3.00. The number of nitrogens with zero attached hydrogens (tertiary/aromatic N) is 2. The minimum absolute atomic E-state index is 0.0606. The molecule has 0 aromatic carbocycles. The zero-order valence-electron chi connectivity index (χ0n) is 15.3. The molecule has 0 radical (unpaired) electrons. The molecule has 8 heteroatoms. The predicted molar refractivity (Wildman–Crippen MR) is 98.7 cm³/mol. The molecule has 0 aliphatic carbocycles. The molecule has 0 spiro atoms. The molecule has 1 aliphatic rings. The van der Waals surface area contributed by atoms with Crippen molar-refractivity contribution >= 4 is 17.7 Å². The quantitative estimate of drug-likeness (QED) is 0.659. The summed E-state index contributed by atoms with van der Waals surface area (Å²) in [4.78, 5) is 18.9. The Morgan fingerprint density at radius 1 is 1.35 bits per heavy atom. The number of carbonyl (C=O) groups excluding carboxylic acids is 1. The Morgan fingerprint density at radius 3 is 2.65 bits per heavy atom. The van der Waals surface area contributed by atoms with Gasteiger partial charge >= 0.3 is 0 Å². The third-order valence-corrected chi connectivity index (χ3v) is 5.52. The van der Waals surface area contributed by atoms with Gasteiger partial charge in [-0.1, -0.05) is 26.7 Å². The van der Waals surface area contributed by atoms with E-state index in [1.54, 1.807) is 6.07 Å². The molecule has 1 aromatic rings. The van der Waals surface area contributed by atoms with E-state index in [4.69, 9.17) is 4.74 Å². The Hall–Kier alpha value is -1.25. The van der Waals surface area contributed by atoms with Crippen molar-refractivity contribution in [1.29, 1.82) is 0 Å². The lowest BCUT2D eigenvalue weighted by molar-refractivity contribution is 0.00190. The van der Waals surface area contributed by atoms with Crippen LogP contribution in [0.5, 0.6) is 0 Å². The van der Waals surface area contributed by atoms with Gasteiger partial charge in [-0.3, -0.25) is 9.69 Å². The van der Waals surface area contributed by atoms with E-state index in [9.17, 15) is 13.6 Å². The zero-order chi connectivity index (χ0) is 18.9. The number of rotatable bonds is 9. The second kappa shape index (κ2) is 10.8. The van der Waals surface area contributed by atoms with Crippen molar-refractivity contribution in [1.82, 2.24) is 15.2 Å². The Balaban J connectivity index is 2.06. The minimum Gasteiger partial charge on any atom is -0.379 e. The first-order valence-corrected chi connectivity index (χ1v) is 9.94. The highest BCUT2D eigenvalue weighted by Crippen LogP contribution is 2.26. The molecule has 2 heterocycles. The van der Waals surface area contributed by atoms with Crippen molar-refractivity contribution < 1.29 is 18.3 Å². The van der Waals surface area contributed by atoms with Gasteiger partial charge < -0.3 is 10.1 Å². The van der Waals surface area contributed by atoms with Gasteiger partial charge in [0.05, 0.1) is 18.8 Å². The molecule has 2 rings (SSSR count). The number of alkyl halides is 2. The van der Waals surface area contributed by atoms with Crippen LogP contribution in [0.4, 0.5) is 8.78 Å². The molecule has 0 bridgehead atoms. The fourth-order valence-electron chi connectivity index (χ4n) is 3.37. The van der Waals surface area contributed by atoms with Gasteiger partial charge in [-0.2, -0.15) is 8.78 Å². The van der Waals surface area contributed by atoms with Crippen molar-refractivity contribution in [2.75, 3.05) is 32.8 Å². The lowest BCUT2D eigenvalue weighted by Gasteiger charge is -2.38. The maximum absolute atomic E-state index is 12.7. The minimum atomic E-state index is -2.61. The molecule has 1 atom stereocenters. The molecular formula is C18H27F2N3O2S. The highest BCUT2D eigenvalue weighted by molar-refractivity contribution is 7.99. The van der Waals surface area contributed by atoms with Crippen LogP contribution in [0, 0.1) is 5.92 Å². The van der Waals surface area contributed by atoms with E-state index in [-0.39, 0.29) is 22.5 Å². The highest BCUT2D eigenvalue weighted by Gasteiger charge is 2.28. The Morgan fingerprint density at radius 2 is 2.04 bits per heavy atom. The number of aromatic nitrogens is 1.